The first-order valence-electron chi connectivity index (χ1n) is 7.95. The second-order valence-corrected chi connectivity index (χ2v) is 5.84. The smallest absolute Gasteiger partial charge is 0.341 e. The van der Waals surface area contributed by atoms with Crippen molar-refractivity contribution in [3.05, 3.63) is 59.8 Å². The lowest BCUT2D eigenvalue weighted by molar-refractivity contribution is 0.0553. The molecule has 0 N–H and O–H groups in total. The Bertz CT molecular complexity index is 1000. The summed E-state index contributed by atoms with van der Waals surface area (Å²) in [5.41, 5.74) is 3.25. The van der Waals surface area contributed by atoms with E-state index in [4.69, 9.17) is 14.7 Å². The lowest BCUT2D eigenvalue weighted by Gasteiger charge is -2.05. The maximum absolute atomic E-state index is 12.6. The summed E-state index contributed by atoms with van der Waals surface area (Å²) in [7, 11) is 0. The number of para-hydroxylation sites is 1. The molecule has 0 unspecified atom stereocenters. The van der Waals surface area contributed by atoms with E-state index in [1.807, 2.05) is 60.7 Å². The number of hydrogen-bond donors (Lipinski definition) is 0. The molecule has 3 aromatic rings. The van der Waals surface area contributed by atoms with Gasteiger partial charge >= 0.3 is 5.97 Å². The van der Waals surface area contributed by atoms with Gasteiger partial charge < -0.3 is 13.9 Å². The molecule has 0 aliphatic heterocycles. The molecule has 0 radical (unpaired) electrons. The van der Waals surface area contributed by atoms with Crippen LogP contribution in [-0.4, -0.2) is 23.6 Å². The summed E-state index contributed by atoms with van der Waals surface area (Å²) in [5.74, 6) is 0.209. The number of aromatic nitrogens is 1. The molecule has 1 aromatic carbocycles. The topological polar surface area (TPSA) is 63.7 Å². The van der Waals surface area contributed by atoms with Crippen molar-refractivity contribution in [1.82, 2.24) is 4.40 Å². The Morgan fingerprint density at radius 2 is 2.00 bits per heavy atom. The highest BCUT2D eigenvalue weighted by molar-refractivity contribution is 6.11. The number of nitrogens with zero attached hydrogens (tertiary/aromatic N) is 2. The van der Waals surface area contributed by atoms with Gasteiger partial charge in [-0.2, -0.15) is 5.26 Å². The maximum Gasteiger partial charge on any atom is 0.341 e. The molecule has 3 rings (SSSR count). The fraction of sp³-hybridized carbons (Fsp3) is 0.200. The molecule has 2 heterocycles. The Morgan fingerprint density at radius 1 is 1.20 bits per heavy atom. The van der Waals surface area contributed by atoms with Gasteiger partial charge in [0.15, 0.2) is 6.61 Å². The highest BCUT2D eigenvalue weighted by Crippen LogP contribution is 2.29. The second-order valence-electron chi connectivity index (χ2n) is 5.84. The minimum atomic E-state index is -0.359. The van der Waals surface area contributed by atoms with Crippen LogP contribution in [0.2, 0.25) is 0 Å². The van der Waals surface area contributed by atoms with E-state index in [1.165, 1.54) is 0 Å². The van der Waals surface area contributed by atoms with Gasteiger partial charge in [-0.1, -0.05) is 23.8 Å². The zero-order valence-electron chi connectivity index (χ0n) is 14.2. The molecule has 0 spiro atoms. The first-order valence-corrected chi connectivity index (χ1v) is 7.95. The summed E-state index contributed by atoms with van der Waals surface area (Å²) in [5, 5.41) is 9.48. The predicted octanol–water partition coefficient (Wildman–Crippen LogP) is 4.12. The van der Waals surface area contributed by atoms with E-state index in [2.05, 4.69) is 0 Å². The van der Waals surface area contributed by atoms with Gasteiger partial charge in [-0.05, 0) is 38.1 Å². The van der Waals surface area contributed by atoms with Crippen LogP contribution in [0.25, 0.3) is 16.4 Å². The minimum absolute atomic E-state index is 0.0255. The number of pyridine rings is 1. The first-order chi connectivity index (χ1) is 12.1. The average Bonchev–Trinajstić information content (AvgIpc) is 2.93. The first kappa shape index (κ1) is 16.6. The average molecular weight is 334 g/mol. The largest absolute Gasteiger partial charge is 0.477 e. The molecule has 0 saturated heterocycles. The number of esters is 1. The van der Waals surface area contributed by atoms with Gasteiger partial charge in [0.1, 0.15) is 18.4 Å². The van der Waals surface area contributed by atoms with Crippen molar-refractivity contribution in [2.45, 2.75) is 13.8 Å². The van der Waals surface area contributed by atoms with Crippen LogP contribution in [0.15, 0.2) is 54.2 Å². The molecule has 0 amide bonds. The summed E-state index contributed by atoms with van der Waals surface area (Å²) in [4.78, 5) is 12.6. The Balaban J connectivity index is 2.08. The third-order valence-corrected chi connectivity index (χ3v) is 3.82. The monoisotopic (exact) mass is 334 g/mol. The number of nitriles is 1. The highest BCUT2D eigenvalue weighted by atomic mass is 16.5. The number of carbonyl (C=O) groups is 1. The minimum Gasteiger partial charge on any atom is -0.477 e. The summed E-state index contributed by atoms with van der Waals surface area (Å²) in [6, 6.07) is 13.1. The SMILES string of the molecule is CC(C)=CCOC(=O)c1c2ccccc2n2cc(OCC#N)ccc12. The number of fused-ring (bicyclic) bond motifs is 3. The molecule has 5 nitrogen and oxygen atoms in total. The second kappa shape index (κ2) is 7.10. The van der Waals surface area contributed by atoms with Crippen molar-refractivity contribution in [2.75, 3.05) is 13.2 Å². The van der Waals surface area contributed by atoms with Crippen LogP contribution in [-0.2, 0) is 4.74 Å². The Hall–Kier alpha value is -3.26. The quantitative estimate of drug-likeness (QED) is 0.520. The number of hydrogen-bond acceptors (Lipinski definition) is 4. The molecule has 0 aliphatic rings. The standard InChI is InChI=1S/C20H18N2O3/c1-14(2)9-11-25-20(23)19-16-5-3-4-6-17(16)22-13-15(24-12-10-21)7-8-18(19)22/h3-9,13H,11-12H2,1-2H3. The zero-order valence-corrected chi connectivity index (χ0v) is 14.2. The van der Waals surface area contributed by atoms with Crippen molar-refractivity contribution < 1.29 is 14.3 Å². The van der Waals surface area contributed by atoms with Gasteiger partial charge in [-0.3, -0.25) is 0 Å². The van der Waals surface area contributed by atoms with E-state index in [1.54, 1.807) is 12.3 Å². The molecule has 5 heteroatoms. The van der Waals surface area contributed by atoms with Crippen LogP contribution in [0.1, 0.15) is 24.2 Å². The third-order valence-electron chi connectivity index (χ3n) is 3.82. The molecule has 0 bridgehead atoms. The Labute approximate surface area is 145 Å². The summed E-state index contributed by atoms with van der Waals surface area (Å²) in [6.07, 6.45) is 3.65. The number of benzene rings is 1. The van der Waals surface area contributed by atoms with Crippen LogP contribution < -0.4 is 4.74 Å². The number of rotatable bonds is 5. The van der Waals surface area contributed by atoms with Gasteiger partial charge in [-0.15, -0.1) is 0 Å². The van der Waals surface area contributed by atoms with Crippen LogP contribution in [0.3, 0.4) is 0 Å². The molecule has 126 valence electrons. The predicted molar refractivity (Wildman–Crippen MR) is 95.7 cm³/mol. The summed E-state index contributed by atoms with van der Waals surface area (Å²) < 4.78 is 12.7. The fourth-order valence-electron chi connectivity index (χ4n) is 2.69. The van der Waals surface area contributed by atoms with Gasteiger partial charge in [0.05, 0.1) is 22.8 Å². The third kappa shape index (κ3) is 3.33. The summed E-state index contributed by atoms with van der Waals surface area (Å²) in [6.45, 7) is 4.14. The summed E-state index contributed by atoms with van der Waals surface area (Å²) >= 11 is 0. The Kier molecular flexibility index (Phi) is 4.71. The van der Waals surface area contributed by atoms with Crippen LogP contribution in [0, 0.1) is 11.3 Å². The normalized spacial score (nSPS) is 10.4. The zero-order chi connectivity index (χ0) is 17.8. The molecular formula is C20H18N2O3. The van der Waals surface area contributed by atoms with Crippen molar-refractivity contribution in [2.24, 2.45) is 0 Å². The van der Waals surface area contributed by atoms with Gasteiger partial charge in [0, 0.05) is 5.39 Å². The van der Waals surface area contributed by atoms with Crippen molar-refractivity contribution >= 4 is 22.4 Å². The van der Waals surface area contributed by atoms with E-state index in [-0.39, 0.29) is 19.2 Å². The molecule has 0 aliphatic carbocycles. The molecule has 0 saturated carbocycles. The van der Waals surface area contributed by atoms with Gasteiger partial charge in [0.2, 0.25) is 0 Å². The maximum atomic E-state index is 12.6. The van der Waals surface area contributed by atoms with Crippen molar-refractivity contribution in [1.29, 1.82) is 5.26 Å². The molecular weight excluding hydrogens is 316 g/mol. The van der Waals surface area contributed by atoms with E-state index < -0.39 is 0 Å². The number of allylic oxidation sites excluding steroid dienone is 1. The van der Waals surface area contributed by atoms with E-state index in [0.29, 0.717) is 11.3 Å². The van der Waals surface area contributed by atoms with Gasteiger partial charge in [-0.25, -0.2) is 4.79 Å². The lowest BCUT2D eigenvalue weighted by Crippen LogP contribution is -2.05. The van der Waals surface area contributed by atoms with E-state index >= 15 is 0 Å². The lowest BCUT2D eigenvalue weighted by atomic mass is 10.1. The number of ether oxygens (including phenoxy) is 2. The van der Waals surface area contributed by atoms with Crippen LogP contribution in [0.5, 0.6) is 5.75 Å². The van der Waals surface area contributed by atoms with E-state index in [0.717, 1.165) is 22.0 Å². The molecule has 0 atom stereocenters. The fourth-order valence-corrected chi connectivity index (χ4v) is 2.69. The molecule has 25 heavy (non-hydrogen) atoms. The molecule has 2 aromatic heterocycles. The molecule has 0 fully saturated rings. The number of carbonyl (C=O) groups excluding carboxylic acids is 1. The van der Waals surface area contributed by atoms with E-state index in [9.17, 15) is 4.79 Å². The van der Waals surface area contributed by atoms with Crippen LogP contribution in [0.4, 0.5) is 0 Å². The Morgan fingerprint density at radius 3 is 2.76 bits per heavy atom. The van der Waals surface area contributed by atoms with Crippen molar-refractivity contribution in [3.63, 3.8) is 0 Å². The van der Waals surface area contributed by atoms with Crippen LogP contribution >= 0.6 is 0 Å². The highest BCUT2D eigenvalue weighted by Gasteiger charge is 2.19. The van der Waals surface area contributed by atoms with Crippen molar-refractivity contribution in [3.8, 4) is 11.8 Å². The van der Waals surface area contributed by atoms with Gasteiger partial charge in [0.25, 0.3) is 0 Å².